The van der Waals surface area contributed by atoms with Gasteiger partial charge in [-0.3, -0.25) is 10.1 Å². The molecule has 1 aliphatic heterocycles. The molecule has 8 nitrogen and oxygen atoms in total. The van der Waals surface area contributed by atoms with E-state index in [-0.39, 0.29) is 10.6 Å². The van der Waals surface area contributed by atoms with Gasteiger partial charge in [-0.25, -0.2) is 4.98 Å². The van der Waals surface area contributed by atoms with E-state index in [4.69, 9.17) is 0 Å². The number of hydrogen-bond donors (Lipinski definition) is 2. The normalized spacial score (nSPS) is 17.0. The molecular weight excluding hydrogens is 344 g/mol. The molecule has 2 heterocycles. The molecule has 27 heavy (non-hydrogen) atoms. The minimum absolute atomic E-state index is 0.0839. The Morgan fingerprint density at radius 2 is 2.19 bits per heavy atom. The van der Waals surface area contributed by atoms with Gasteiger partial charge in [0.1, 0.15) is 5.82 Å². The van der Waals surface area contributed by atoms with Crippen LogP contribution in [0.25, 0.3) is 0 Å². The van der Waals surface area contributed by atoms with Crippen LogP contribution >= 0.6 is 0 Å². The van der Waals surface area contributed by atoms with E-state index in [9.17, 15) is 10.1 Å². The average molecular weight is 370 g/mol. The maximum Gasteiger partial charge on any atom is 0.274 e. The van der Waals surface area contributed by atoms with Crippen LogP contribution in [0.5, 0.6) is 0 Å². The highest BCUT2D eigenvalue weighted by Crippen LogP contribution is 2.26. The fourth-order valence-electron chi connectivity index (χ4n) is 3.26. The van der Waals surface area contributed by atoms with Crippen LogP contribution < -0.4 is 15.5 Å². The van der Waals surface area contributed by atoms with Crippen molar-refractivity contribution >= 4 is 23.1 Å². The quantitative estimate of drug-likeness (QED) is 0.595. The van der Waals surface area contributed by atoms with Gasteiger partial charge in [0, 0.05) is 54.8 Å². The predicted molar refractivity (Wildman–Crippen MR) is 107 cm³/mol. The maximum absolute atomic E-state index is 11.2. The summed E-state index contributed by atoms with van der Waals surface area (Å²) < 4.78 is 0. The molecule has 2 N–H and O–H groups in total. The zero-order valence-electron chi connectivity index (χ0n) is 16.0. The SMILES string of the molecule is CCCc1cc(N2CCNCC2C)nc(Nc2ccc(C)c([N+](=O)[O-])c2)n1. The third kappa shape index (κ3) is 4.51. The van der Waals surface area contributed by atoms with Gasteiger partial charge >= 0.3 is 0 Å². The van der Waals surface area contributed by atoms with Crippen LogP contribution in [0.4, 0.5) is 23.1 Å². The van der Waals surface area contributed by atoms with E-state index in [1.165, 1.54) is 6.07 Å². The summed E-state index contributed by atoms with van der Waals surface area (Å²) in [6.45, 7) is 8.74. The highest BCUT2D eigenvalue weighted by atomic mass is 16.6. The topological polar surface area (TPSA) is 96.2 Å². The molecule has 1 fully saturated rings. The number of piperazine rings is 1. The average Bonchev–Trinajstić information content (AvgIpc) is 2.63. The standard InChI is InChI=1S/C19H26N6O2/c1-4-5-15-11-18(24-9-8-20-12-14(24)3)23-19(21-15)22-16-7-6-13(2)17(10-16)25(26)27/h6-7,10-11,14,20H,4-5,8-9,12H2,1-3H3,(H,21,22,23). The Kier molecular flexibility index (Phi) is 5.85. The molecule has 0 amide bonds. The first-order valence-corrected chi connectivity index (χ1v) is 9.35. The number of nitro benzene ring substituents is 1. The van der Waals surface area contributed by atoms with Crippen molar-refractivity contribution in [2.24, 2.45) is 0 Å². The number of rotatable bonds is 6. The third-order valence-electron chi connectivity index (χ3n) is 4.73. The first kappa shape index (κ1) is 19.0. The second-order valence-electron chi connectivity index (χ2n) is 6.92. The molecular formula is C19H26N6O2. The van der Waals surface area contributed by atoms with Crippen molar-refractivity contribution in [1.82, 2.24) is 15.3 Å². The summed E-state index contributed by atoms with van der Waals surface area (Å²) in [4.78, 5) is 22.4. The smallest absolute Gasteiger partial charge is 0.274 e. The third-order valence-corrected chi connectivity index (χ3v) is 4.73. The van der Waals surface area contributed by atoms with Crippen LogP contribution in [0.15, 0.2) is 24.3 Å². The van der Waals surface area contributed by atoms with Crippen LogP contribution in [0, 0.1) is 17.0 Å². The zero-order chi connectivity index (χ0) is 19.4. The number of hydrogen-bond acceptors (Lipinski definition) is 7. The Hall–Kier alpha value is -2.74. The van der Waals surface area contributed by atoms with E-state index in [2.05, 4.69) is 39.3 Å². The molecule has 1 atom stereocenters. The largest absolute Gasteiger partial charge is 0.351 e. The van der Waals surface area contributed by atoms with E-state index in [0.29, 0.717) is 23.2 Å². The van der Waals surface area contributed by atoms with Gasteiger partial charge in [-0.1, -0.05) is 19.4 Å². The Bertz CT molecular complexity index is 826. The number of anilines is 3. The molecule has 144 valence electrons. The van der Waals surface area contributed by atoms with Crippen molar-refractivity contribution in [2.45, 2.75) is 39.7 Å². The minimum Gasteiger partial charge on any atom is -0.351 e. The summed E-state index contributed by atoms with van der Waals surface area (Å²) >= 11 is 0. The lowest BCUT2D eigenvalue weighted by molar-refractivity contribution is -0.385. The molecule has 1 aliphatic rings. The Morgan fingerprint density at radius 1 is 1.37 bits per heavy atom. The van der Waals surface area contributed by atoms with Crippen LogP contribution in [0.2, 0.25) is 0 Å². The van der Waals surface area contributed by atoms with Crippen molar-refractivity contribution < 1.29 is 4.92 Å². The molecule has 8 heteroatoms. The van der Waals surface area contributed by atoms with E-state index in [1.54, 1.807) is 13.0 Å². The van der Waals surface area contributed by atoms with Gasteiger partial charge in [-0.2, -0.15) is 4.98 Å². The number of nitrogens with one attached hydrogen (secondary N) is 2. The molecule has 3 rings (SSSR count). The van der Waals surface area contributed by atoms with Gasteiger partial charge in [0.05, 0.1) is 4.92 Å². The van der Waals surface area contributed by atoms with Crippen molar-refractivity contribution in [3.63, 3.8) is 0 Å². The predicted octanol–water partition coefficient (Wildman–Crippen LogP) is 3.19. The van der Waals surface area contributed by atoms with Gasteiger partial charge < -0.3 is 15.5 Å². The molecule has 0 bridgehead atoms. The van der Waals surface area contributed by atoms with Crippen LogP contribution in [0.1, 0.15) is 31.5 Å². The van der Waals surface area contributed by atoms with E-state index in [0.717, 1.165) is 44.0 Å². The second kappa shape index (κ2) is 8.30. The van der Waals surface area contributed by atoms with E-state index in [1.807, 2.05) is 12.1 Å². The molecule has 1 unspecified atom stereocenters. The van der Waals surface area contributed by atoms with Gasteiger partial charge in [-0.05, 0) is 26.3 Å². The van der Waals surface area contributed by atoms with E-state index < -0.39 is 0 Å². The maximum atomic E-state index is 11.2. The van der Waals surface area contributed by atoms with Crippen molar-refractivity contribution in [3.8, 4) is 0 Å². The van der Waals surface area contributed by atoms with Crippen molar-refractivity contribution in [3.05, 3.63) is 45.6 Å². The van der Waals surface area contributed by atoms with Crippen molar-refractivity contribution in [1.29, 1.82) is 0 Å². The zero-order valence-corrected chi connectivity index (χ0v) is 16.0. The molecule has 0 spiro atoms. The number of nitro groups is 1. The summed E-state index contributed by atoms with van der Waals surface area (Å²) in [5, 5.41) is 17.7. The van der Waals surface area contributed by atoms with Crippen LogP contribution in [-0.2, 0) is 6.42 Å². The summed E-state index contributed by atoms with van der Waals surface area (Å²) in [7, 11) is 0. The summed E-state index contributed by atoms with van der Waals surface area (Å²) in [5.74, 6) is 1.37. The van der Waals surface area contributed by atoms with Gasteiger partial charge in [0.2, 0.25) is 5.95 Å². The Balaban J connectivity index is 1.92. The number of aromatic nitrogens is 2. The summed E-state index contributed by atoms with van der Waals surface area (Å²) in [6.07, 6.45) is 1.85. The fourth-order valence-corrected chi connectivity index (χ4v) is 3.26. The molecule has 0 aliphatic carbocycles. The molecule has 1 aromatic heterocycles. The number of benzene rings is 1. The number of aryl methyl sites for hydroxylation is 2. The van der Waals surface area contributed by atoms with Gasteiger partial charge in [0.15, 0.2) is 0 Å². The minimum atomic E-state index is -0.372. The highest BCUT2D eigenvalue weighted by Gasteiger charge is 2.21. The first-order chi connectivity index (χ1) is 13.0. The number of nitrogens with zero attached hydrogens (tertiary/aromatic N) is 4. The van der Waals surface area contributed by atoms with Crippen molar-refractivity contribution in [2.75, 3.05) is 29.9 Å². The van der Waals surface area contributed by atoms with Crippen LogP contribution in [0.3, 0.4) is 0 Å². The lowest BCUT2D eigenvalue weighted by Crippen LogP contribution is -2.50. The molecule has 0 radical (unpaired) electrons. The van der Waals surface area contributed by atoms with Crippen LogP contribution in [-0.4, -0.2) is 40.6 Å². The van der Waals surface area contributed by atoms with Gasteiger partial charge in [-0.15, -0.1) is 0 Å². The molecule has 1 saturated heterocycles. The second-order valence-corrected chi connectivity index (χ2v) is 6.92. The first-order valence-electron chi connectivity index (χ1n) is 9.35. The molecule has 2 aromatic rings. The fraction of sp³-hybridized carbons (Fsp3) is 0.474. The molecule has 0 saturated carbocycles. The highest BCUT2D eigenvalue weighted by molar-refractivity contribution is 5.61. The monoisotopic (exact) mass is 370 g/mol. The summed E-state index contributed by atoms with van der Waals surface area (Å²) in [5.41, 5.74) is 2.29. The lowest BCUT2D eigenvalue weighted by atomic mass is 10.2. The Labute approximate surface area is 159 Å². The Morgan fingerprint density at radius 3 is 2.89 bits per heavy atom. The summed E-state index contributed by atoms with van der Waals surface area (Å²) in [6, 6.07) is 7.46. The van der Waals surface area contributed by atoms with E-state index >= 15 is 0 Å². The molecule has 1 aromatic carbocycles. The lowest BCUT2D eigenvalue weighted by Gasteiger charge is -2.35. The van der Waals surface area contributed by atoms with Gasteiger partial charge in [0.25, 0.3) is 5.69 Å².